The molecule has 1 amide bonds. The van der Waals surface area contributed by atoms with Gasteiger partial charge in [-0.2, -0.15) is 0 Å². The number of nitrogens with one attached hydrogen (secondary N) is 1. The van der Waals surface area contributed by atoms with Gasteiger partial charge in [0.05, 0.1) is 5.69 Å². The van der Waals surface area contributed by atoms with Crippen molar-refractivity contribution < 1.29 is 4.79 Å². The Morgan fingerprint density at radius 2 is 1.81 bits per heavy atom. The van der Waals surface area contributed by atoms with Crippen LogP contribution in [0.4, 0.5) is 5.00 Å². The standard InChI is InChI=1S/C16H13N3OS/c1-11-15(19-14(20)12-7-9-17-10-8-12)21-16(18-11)13-5-3-2-4-6-13/h2-10H,1H3,(H,19,20). The largest absolute Gasteiger partial charge is 0.312 e. The molecule has 104 valence electrons. The molecule has 21 heavy (non-hydrogen) atoms. The average molecular weight is 295 g/mol. The Morgan fingerprint density at radius 3 is 2.52 bits per heavy atom. The smallest absolute Gasteiger partial charge is 0.256 e. The van der Waals surface area contributed by atoms with E-state index >= 15 is 0 Å². The number of aryl methyl sites for hydroxylation is 1. The Kier molecular flexibility index (Phi) is 3.75. The van der Waals surface area contributed by atoms with Gasteiger partial charge < -0.3 is 5.32 Å². The third-order valence-electron chi connectivity index (χ3n) is 2.99. The molecule has 3 rings (SSSR count). The van der Waals surface area contributed by atoms with Crippen LogP contribution in [-0.4, -0.2) is 15.9 Å². The Balaban J connectivity index is 1.84. The van der Waals surface area contributed by atoms with Gasteiger partial charge in [0.15, 0.2) is 0 Å². The van der Waals surface area contributed by atoms with Gasteiger partial charge in [0.25, 0.3) is 5.91 Å². The number of amides is 1. The molecule has 0 saturated heterocycles. The van der Waals surface area contributed by atoms with Crippen LogP contribution in [0, 0.1) is 6.92 Å². The molecule has 5 heteroatoms. The molecule has 0 bridgehead atoms. The Morgan fingerprint density at radius 1 is 1.10 bits per heavy atom. The van der Waals surface area contributed by atoms with Crippen LogP contribution in [0.25, 0.3) is 10.6 Å². The molecule has 0 aliphatic carbocycles. The molecular weight excluding hydrogens is 282 g/mol. The SMILES string of the molecule is Cc1nc(-c2ccccc2)sc1NC(=O)c1ccncc1. The number of anilines is 1. The van der Waals surface area contributed by atoms with Gasteiger partial charge in [0, 0.05) is 23.5 Å². The molecule has 0 aliphatic rings. The van der Waals surface area contributed by atoms with Crippen molar-refractivity contribution in [1.82, 2.24) is 9.97 Å². The summed E-state index contributed by atoms with van der Waals surface area (Å²) in [4.78, 5) is 20.6. The summed E-state index contributed by atoms with van der Waals surface area (Å²) >= 11 is 1.48. The van der Waals surface area contributed by atoms with E-state index in [1.807, 2.05) is 37.3 Å². The predicted molar refractivity (Wildman–Crippen MR) is 84.5 cm³/mol. The number of thiazole rings is 1. The predicted octanol–water partition coefficient (Wildman–Crippen LogP) is 3.77. The van der Waals surface area contributed by atoms with E-state index in [-0.39, 0.29) is 5.91 Å². The van der Waals surface area contributed by atoms with Gasteiger partial charge in [0.1, 0.15) is 10.0 Å². The number of carbonyl (C=O) groups excluding carboxylic acids is 1. The summed E-state index contributed by atoms with van der Waals surface area (Å²) in [6, 6.07) is 13.3. The molecular formula is C16H13N3OS. The van der Waals surface area contributed by atoms with Crippen molar-refractivity contribution in [1.29, 1.82) is 0 Å². The van der Waals surface area contributed by atoms with Gasteiger partial charge in [-0.15, -0.1) is 0 Å². The monoisotopic (exact) mass is 295 g/mol. The number of nitrogens with zero attached hydrogens (tertiary/aromatic N) is 2. The quantitative estimate of drug-likeness (QED) is 0.800. The summed E-state index contributed by atoms with van der Waals surface area (Å²) in [7, 11) is 0. The molecule has 0 radical (unpaired) electrons. The van der Waals surface area contributed by atoms with Crippen LogP contribution in [-0.2, 0) is 0 Å². The van der Waals surface area contributed by atoms with Gasteiger partial charge in [-0.3, -0.25) is 9.78 Å². The summed E-state index contributed by atoms with van der Waals surface area (Å²) < 4.78 is 0. The van der Waals surface area contributed by atoms with E-state index in [1.165, 1.54) is 11.3 Å². The van der Waals surface area contributed by atoms with Crippen molar-refractivity contribution in [3.63, 3.8) is 0 Å². The van der Waals surface area contributed by atoms with Crippen LogP contribution in [0.15, 0.2) is 54.9 Å². The third kappa shape index (κ3) is 2.98. The van der Waals surface area contributed by atoms with Crippen LogP contribution in [0.1, 0.15) is 16.1 Å². The lowest BCUT2D eigenvalue weighted by Crippen LogP contribution is -2.11. The molecule has 0 saturated carbocycles. The van der Waals surface area contributed by atoms with E-state index in [0.717, 1.165) is 21.3 Å². The van der Waals surface area contributed by atoms with Crippen molar-refractivity contribution >= 4 is 22.2 Å². The second-order valence-electron chi connectivity index (χ2n) is 4.49. The first kappa shape index (κ1) is 13.5. The normalized spacial score (nSPS) is 10.3. The van der Waals surface area contributed by atoms with Gasteiger partial charge in [0.2, 0.25) is 0 Å². The summed E-state index contributed by atoms with van der Waals surface area (Å²) in [6.07, 6.45) is 3.20. The van der Waals surface area contributed by atoms with Gasteiger partial charge >= 0.3 is 0 Å². The highest BCUT2D eigenvalue weighted by Gasteiger charge is 2.12. The first-order valence-electron chi connectivity index (χ1n) is 6.48. The summed E-state index contributed by atoms with van der Waals surface area (Å²) in [5, 5.41) is 4.58. The highest BCUT2D eigenvalue weighted by Crippen LogP contribution is 2.31. The molecule has 0 unspecified atom stereocenters. The topological polar surface area (TPSA) is 54.9 Å². The fraction of sp³-hybridized carbons (Fsp3) is 0.0625. The molecule has 0 spiro atoms. The van der Waals surface area contributed by atoms with Crippen LogP contribution in [0.3, 0.4) is 0 Å². The van der Waals surface area contributed by atoms with Gasteiger partial charge in [-0.05, 0) is 19.1 Å². The first-order chi connectivity index (χ1) is 10.2. The summed E-state index contributed by atoms with van der Waals surface area (Å²) in [5.41, 5.74) is 2.45. The van der Waals surface area contributed by atoms with Crippen LogP contribution >= 0.6 is 11.3 Å². The van der Waals surface area contributed by atoms with Crippen molar-refractivity contribution in [2.24, 2.45) is 0 Å². The maximum Gasteiger partial charge on any atom is 0.256 e. The lowest BCUT2D eigenvalue weighted by Gasteiger charge is -2.02. The molecule has 0 fully saturated rings. The Bertz CT molecular complexity index is 754. The minimum Gasteiger partial charge on any atom is -0.312 e. The summed E-state index contributed by atoms with van der Waals surface area (Å²) in [5.74, 6) is -0.149. The Labute approximate surface area is 126 Å². The van der Waals surface area contributed by atoms with Crippen LogP contribution < -0.4 is 5.32 Å². The number of rotatable bonds is 3. The van der Waals surface area contributed by atoms with E-state index in [1.54, 1.807) is 24.5 Å². The number of aromatic nitrogens is 2. The van der Waals surface area contributed by atoms with E-state index < -0.39 is 0 Å². The zero-order chi connectivity index (χ0) is 14.7. The maximum atomic E-state index is 12.2. The highest BCUT2D eigenvalue weighted by molar-refractivity contribution is 7.19. The maximum absolute atomic E-state index is 12.2. The molecule has 2 heterocycles. The zero-order valence-corrected chi connectivity index (χ0v) is 12.2. The fourth-order valence-electron chi connectivity index (χ4n) is 1.90. The minimum atomic E-state index is -0.149. The van der Waals surface area contributed by atoms with E-state index in [9.17, 15) is 4.79 Å². The molecule has 2 aromatic heterocycles. The molecule has 0 aliphatic heterocycles. The van der Waals surface area contributed by atoms with E-state index in [4.69, 9.17) is 0 Å². The average Bonchev–Trinajstić information content (AvgIpc) is 2.90. The van der Waals surface area contributed by atoms with Gasteiger partial charge in [-0.25, -0.2) is 4.98 Å². The number of benzene rings is 1. The Hall–Kier alpha value is -2.53. The summed E-state index contributed by atoms with van der Waals surface area (Å²) in [6.45, 7) is 1.89. The van der Waals surface area contributed by atoms with Crippen LogP contribution in [0.2, 0.25) is 0 Å². The van der Waals surface area contributed by atoms with Crippen LogP contribution in [0.5, 0.6) is 0 Å². The van der Waals surface area contributed by atoms with Crippen molar-refractivity contribution in [3.8, 4) is 10.6 Å². The first-order valence-corrected chi connectivity index (χ1v) is 7.30. The van der Waals surface area contributed by atoms with Crippen molar-refractivity contribution in [2.75, 3.05) is 5.32 Å². The van der Waals surface area contributed by atoms with E-state index in [0.29, 0.717) is 5.56 Å². The zero-order valence-electron chi connectivity index (χ0n) is 11.4. The lowest BCUT2D eigenvalue weighted by atomic mass is 10.2. The molecule has 1 aromatic carbocycles. The molecule has 1 N–H and O–H groups in total. The number of pyridine rings is 1. The minimum absolute atomic E-state index is 0.149. The van der Waals surface area contributed by atoms with Crippen molar-refractivity contribution in [2.45, 2.75) is 6.92 Å². The molecule has 3 aromatic rings. The third-order valence-corrected chi connectivity index (χ3v) is 4.11. The molecule has 4 nitrogen and oxygen atoms in total. The van der Waals surface area contributed by atoms with E-state index in [2.05, 4.69) is 15.3 Å². The second-order valence-corrected chi connectivity index (χ2v) is 5.49. The molecule has 0 atom stereocenters. The van der Waals surface area contributed by atoms with Crippen molar-refractivity contribution in [3.05, 3.63) is 66.1 Å². The number of carbonyl (C=O) groups is 1. The number of hydrogen-bond acceptors (Lipinski definition) is 4. The van der Waals surface area contributed by atoms with Gasteiger partial charge in [-0.1, -0.05) is 41.7 Å². The second kappa shape index (κ2) is 5.85. The lowest BCUT2D eigenvalue weighted by molar-refractivity contribution is 0.102. The highest BCUT2D eigenvalue weighted by atomic mass is 32.1. The number of hydrogen-bond donors (Lipinski definition) is 1. The fourth-order valence-corrected chi connectivity index (χ4v) is 2.86.